The average Bonchev–Trinajstić information content (AvgIpc) is 2.24. The lowest BCUT2D eigenvalue weighted by molar-refractivity contribution is 0.0699. The van der Waals surface area contributed by atoms with Crippen LogP contribution >= 0.6 is 0 Å². The van der Waals surface area contributed by atoms with Crippen LogP contribution in [0, 0.1) is 0 Å². The number of aromatic carboxylic acids is 1. The molecule has 0 spiro atoms. The summed E-state index contributed by atoms with van der Waals surface area (Å²) < 4.78 is 1.41. The third-order valence-electron chi connectivity index (χ3n) is 1.80. The largest absolute Gasteiger partial charge is 0.477 e. The van der Waals surface area contributed by atoms with Crippen LogP contribution in [0.5, 0.6) is 0 Å². The zero-order chi connectivity index (χ0) is 11.1. The van der Waals surface area contributed by atoms with Gasteiger partial charge in [-0.15, -0.1) is 0 Å². The molecule has 1 aromatic rings. The molecule has 0 aliphatic carbocycles. The van der Waals surface area contributed by atoms with Gasteiger partial charge in [-0.2, -0.15) is 5.10 Å². The van der Waals surface area contributed by atoms with E-state index in [4.69, 9.17) is 16.6 Å². The van der Waals surface area contributed by atoms with Crippen molar-refractivity contribution in [2.45, 2.75) is 26.3 Å². The van der Waals surface area contributed by atoms with Gasteiger partial charge in [0.2, 0.25) is 0 Å². The molecule has 1 aromatic heterocycles. The molecular formula is C8H14N4O2. The minimum absolute atomic E-state index is 0.0510. The van der Waals surface area contributed by atoms with Crippen LogP contribution in [0.15, 0.2) is 0 Å². The molecule has 5 N–H and O–H groups in total. The summed E-state index contributed by atoms with van der Waals surface area (Å²) in [5.74, 6) is -1.12. The van der Waals surface area contributed by atoms with Crippen LogP contribution in [-0.4, -0.2) is 20.9 Å². The van der Waals surface area contributed by atoms with Crippen LogP contribution in [0.4, 0.5) is 11.6 Å². The highest BCUT2D eigenvalue weighted by molar-refractivity contribution is 5.97. The van der Waals surface area contributed by atoms with E-state index in [1.54, 1.807) is 0 Å². The first-order valence-electron chi connectivity index (χ1n) is 4.13. The van der Waals surface area contributed by atoms with E-state index in [1.807, 2.05) is 20.8 Å². The minimum Gasteiger partial charge on any atom is -0.477 e. The molecule has 6 heteroatoms. The summed E-state index contributed by atoms with van der Waals surface area (Å²) in [6, 6.07) is 0. The highest BCUT2D eigenvalue weighted by atomic mass is 16.4. The smallest absolute Gasteiger partial charge is 0.343 e. The summed E-state index contributed by atoms with van der Waals surface area (Å²) in [4.78, 5) is 10.8. The van der Waals surface area contributed by atoms with Gasteiger partial charge in [0, 0.05) is 0 Å². The zero-order valence-corrected chi connectivity index (χ0v) is 8.40. The maximum atomic E-state index is 10.8. The lowest BCUT2D eigenvalue weighted by Crippen LogP contribution is -2.25. The number of hydrogen-bond acceptors (Lipinski definition) is 4. The van der Waals surface area contributed by atoms with Crippen LogP contribution in [0.25, 0.3) is 0 Å². The molecule has 0 aliphatic rings. The van der Waals surface area contributed by atoms with Gasteiger partial charge < -0.3 is 16.6 Å². The molecular weight excluding hydrogens is 184 g/mol. The Labute approximate surface area is 81.5 Å². The molecule has 0 aliphatic heterocycles. The van der Waals surface area contributed by atoms with E-state index in [-0.39, 0.29) is 22.7 Å². The number of nitrogen functional groups attached to an aromatic ring is 2. The number of anilines is 2. The Morgan fingerprint density at radius 1 is 1.43 bits per heavy atom. The SMILES string of the molecule is CC(C)(C)n1nc(N)c(C(=O)O)c1N. The Bertz CT molecular complexity index is 375. The molecule has 0 saturated carbocycles. The van der Waals surface area contributed by atoms with Gasteiger partial charge in [0.25, 0.3) is 0 Å². The van der Waals surface area contributed by atoms with E-state index in [0.29, 0.717) is 0 Å². The highest BCUT2D eigenvalue weighted by Gasteiger charge is 2.25. The molecule has 0 saturated heterocycles. The number of rotatable bonds is 1. The molecule has 1 rings (SSSR count). The number of carboxylic acids is 1. The number of hydrogen-bond donors (Lipinski definition) is 3. The molecule has 1 heterocycles. The van der Waals surface area contributed by atoms with Crippen molar-refractivity contribution in [2.24, 2.45) is 0 Å². The van der Waals surface area contributed by atoms with Crippen LogP contribution in [0.3, 0.4) is 0 Å². The number of carboxylic acid groups (broad SMARTS) is 1. The molecule has 0 unspecified atom stereocenters. The number of aromatic nitrogens is 2. The van der Waals surface area contributed by atoms with Gasteiger partial charge in [0.15, 0.2) is 5.82 Å². The second-order valence-electron chi connectivity index (χ2n) is 4.03. The average molecular weight is 198 g/mol. The van der Waals surface area contributed by atoms with Gasteiger partial charge in [-0.1, -0.05) is 0 Å². The Balaban J connectivity index is 3.39. The predicted molar refractivity (Wildman–Crippen MR) is 53.0 cm³/mol. The zero-order valence-electron chi connectivity index (χ0n) is 8.40. The summed E-state index contributed by atoms with van der Waals surface area (Å²) in [5.41, 5.74) is 10.6. The first kappa shape index (κ1) is 10.4. The molecule has 0 bridgehead atoms. The Morgan fingerprint density at radius 2 is 1.93 bits per heavy atom. The Morgan fingerprint density at radius 3 is 2.14 bits per heavy atom. The van der Waals surface area contributed by atoms with Gasteiger partial charge in [0.1, 0.15) is 11.4 Å². The number of nitrogens with zero attached hydrogens (tertiary/aromatic N) is 2. The summed E-state index contributed by atoms with van der Waals surface area (Å²) >= 11 is 0. The summed E-state index contributed by atoms with van der Waals surface area (Å²) in [6.45, 7) is 5.59. The Hall–Kier alpha value is -1.72. The van der Waals surface area contributed by atoms with E-state index in [0.717, 1.165) is 0 Å². The summed E-state index contributed by atoms with van der Waals surface area (Å²) in [6.07, 6.45) is 0. The van der Waals surface area contributed by atoms with Crippen molar-refractivity contribution in [2.75, 3.05) is 11.5 Å². The van der Waals surface area contributed by atoms with Crippen molar-refractivity contribution in [1.82, 2.24) is 9.78 Å². The predicted octanol–water partition coefficient (Wildman–Crippen LogP) is 0.501. The quantitative estimate of drug-likeness (QED) is 0.609. The Kier molecular flexibility index (Phi) is 2.15. The van der Waals surface area contributed by atoms with Gasteiger partial charge in [-0.25, -0.2) is 9.48 Å². The standard InChI is InChI=1S/C8H14N4O2/c1-8(2,3)12-6(10)4(7(13)14)5(9)11-12/h10H2,1-3H3,(H2,9,11)(H,13,14). The second-order valence-corrected chi connectivity index (χ2v) is 4.03. The minimum atomic E-state index is -1.16. The molecule has 0 radical (unpaired) electrons. The molecule has 0 atom stereocenters. The summed E-state index contributed by atoms with van der Waals surface area (Å²) in [5, 5.41) is 12.7. The molecule has 14 heavy (non-hydrogen) atoms. The van der Waals surface area contributed by atoms with Gasteiger partial charge in [-0.3, -0.25) is 0 Å². The van der Waals surface area contributed by atoms with Crippen molar-refractivity contribution in [3.8, 4) is 0 Å². The number of carbonyl (C=O) groups is 1. The third-order valence-corrected chi connectivity index (χ3v) is 1.80. The number of nitrogens with two attached hydrogens (primary N) is 2. The maximum Gasteiger partial charge on any atom is 0.343 e. The van der Waals surface area contributed by atoms with Crippen molar-refractivity contribution in [1.29, 1.82) is 0 Å². The fourth-order valence-electron chi connectivity index (χ4n) is 1.18. The van der Waals surface area contributed by atoms with Crippen molar-refractivity contribution >= 4 is 17.6 Å². The lowest BCUT2D eigenvalue weighted by Gasteiger charge is -2.20. The van der Waals surface area contributed by atoms with E-state index < -0.39 is 5.97 Å². The van der Waals surface area contributed by atoms with Crippen LogP contribution < -0.4 is 11.5 Å². The molecule has 6 nitrogen and oxygen atoms in total. The van der Waals surface area contributed by atoms with E-state index >= 15 is 0 Å². The van der Waals surface area contributed by atoms with Gasteiger partial charge in [0.05, 0.1) is 5.54 Å². The topological polar surface area (TPSA) is 107 Å². The third kappa shape index (κ3) is 1.50. The normalized spacial score (nSPS) is 11.6. The highest BCUT2D eigenvalue weighted by Crippen LogP contribution is 2.25. The van der Waals surface area contributed by atoms with Crippen molar-refractivity contribution in [3.63, 3.8) is 0 Å². The lowest BCUT2D eigenvalue weighted by atomic mass is 10.1. The molecule has 0 amide bonds. The molecule has 78 valence electrons. The first-order valence-corrected chi connectivity index (χ1v) is 4.13. The fourth-order valence-corrected chi connectivity index (χ4v) is 1.18. The van der Waals surface area contributed by atoms with E-state index in [1.165, 1.54) is 4.68 Å². The second kappa shape index (κ2) is 2.90. The van der Waals surface area contributed by atoms with Crippen LogP contribution in [0.2, 0.25) is 0 Å². The van der Waals surface area contributed by atoms with E-state index in [9.17, 15) is 4.79 Å². The molecule has 0 fully saturated rings. The van der Waals surface area contributed by atoms with E-state index in [2.05, 4.69) is 5.10 Å². The van der Waals surface area contributed by atoms with Crippen molar-refractivity contribution < 1.29 is 9.90 Å². The maximum absolute atomic E-state index is 10.8. The van der Waals surface area contributed by atoms with Gasteiger partial charge in [-0.05, 0) is 20.8 Å². The van der Waals surface area contributed by atoms with Gasteiger partial charge >= 0.3 is 5.97 Å². The monoisotopic (exact) mass is 198 g/mol. The van der Waals surface area contributed by atoms with Crippen LogP contribution in [-0.2, 0) is 5.54 Å². The first-order chi connectivity index (χ1) is 6.25. The molecule has 0 aromatic carbocycles. The fraction of sp³-hybridized carbons (Fsp3) is 0.500. The van der Waals surface area contributed by atoms with Crippen LogP contribution in [0.1, 0.15) is 31.1 Å². The summed E-state index contributed by atoms with van der Waals surface area (Å²) in [7, 11) is 0. The van der Waals surface area contributed by atoms with Crippen molar-refractivity contribution in [3.05, 3.63) is 5.56 Å².